The van der Waals surface area contributed by atoms with E-state index in [-0.39, 0.29) is 29.8 Å². The van der Waals surface area contributed by atoms with E-state index in [4.69, 9.17) is 10.5 Å². The van der Waals surface area contributed by atoms with Crippen molar-refractivity contribution in [1.82, 2.24) is 5.32 Å². The minimum atomic E-state index is -0.382. The average molecular weight is 299 g/mol. The molecule has 5 heteroatoms. The van der Waals surface area contributed by atoms with Crippen LogP contribution in [0.15, 0.2) is 18.2 Å². The molecule has 1 aromatic carbocycles. The smallest absolute Gasteiger partial charge is 0.251 e. The zero-order valence-electron chi connectivity index (χ0n) is 12.2. The summed E-state index contributed by atoms with van der Waals surface area (Å²) in [6, 6.07) is 5.72. The summed E-state index contributed by atoms with van der Waals surface area (Å²) in [6.45, 7) is 7.75. The third kappa shape index (κ3) is 3.32. The molecule has 0 saturated carbocycles. The van der Waals surface area contributed by atoms with Crippen LogP contribution in [-0.4, -0.2) is 18.0 Å². The van der Waals surface area contributed by atoms with Crippen molar-refractivity contribution in [2.24, 2.45) is 11.7 Å². The highest BCUT2D eigenvalue weighted by Crippen LogP contribution is 2.22. The maximum absolute atomic E-state index is 12.3. The van der Waals surface area contributed by atoms with Gasteiger partial charge in [-0.3, -0.25) is 4.79 Å². The van der Waals surface area contributed by atoms with Crippen molar-refractivity contribution in [3.8, 4) is 0 Å². The zero-order valence-corrected chi connectivity index (χ0v) is 13.0. The van der Waals surface area contributed by atoms with Gasteiger partial charge in [0.05, 0.1) is 18.8 Å². The number of carbonyl (C=O) groups is 1. The number of nitrogens with one attached hydrogen (secondary N) is 1. The summed E-state index contributed by atoms with van der Waals surface area (Å²) >= 11 is 0. The van der Waals surface area contributed by atoms with Crippen LogP contribution in [0, 0.1) is 5.92 Å². The highest BCUT2D eigenvalue weighted by Gasteiger charge is 2.29. The molecule has 1 atom stereocenters. The SMILES string of the molecule is CC(C)C(C)(CN)NC(=O)c1ccc2c(c1)COC2.Cl. The van der Waals surface area contributed by atoms with Gasteiger partial charge in [0.25, 0.3) is 5.91 Å². The molecular formula is C15H23ClN2O2. The van der Waals surface area contributed by atoms with Crippen molar-refractivity contribution in [1.29, 1.82) is 0 Å². The van der Waals surface area contributed by atoms with Crippen molar-refractivity contribution in [3.63, 3.8) is 0 Å². The quantitative estimate of drug-likeness (QED) is 0.896. The van der Waals surface area contributed by atoms with Crippen LogP contribution in [-0.2, 0) is 18.0 Å². The minimum Gasteiger partial charge on any atom is -0.372 e. The molecule has 112 valence electrons. The van der Waals surface area contributed by atoms with Gasteiger partial charge in [0, 0.05) is 12.1 Å². The van der Waals surface area contributed by atoms with Crippen LogP contribution in [0.1, 0.15) is 42.3 Å². The first-order valence-corrected chi connectivity index (χ1v) is 6.68. The highest BCUT2D eigenvalue weighted by atomic mass is 35.5. The Morgan fingerprint density at radius 3 is 2.65 bits per heavy atom. The monoisotopic (exact) mass is 298 g/mol. The number of hydrogen-bond donors (Lipinski definition) is 2. The van der Waals surface area contributed by atoms with Crippen molar-refractivity contribution in [3.05, 3.63) is 34.9 Å². The molecule has 1 aromatic rings. The second-order valence-corrected chi connectivity index (χ2v) is 5.71. The lowest BCUT2D eigenvalue weighted by atomic mass is 9.88. The lowest BCUT2D eigenvalue weighted by Crippen LogP contribution is -2.55. The number of benzene rings is 1. The first kappa shape index (κ1) is 17.0. The molecule has 0 bridgehead atoms. The fourth-order valence-corrected chi connectivity index (χ4v) is 2.08. The van der Waals surface area contributed by atoms with Crippen LogP contribution >= 0.6 is 12.4 Å². The Bertz CT molecular complexity index is 491. The second kappa shape index (κ2) is 6.57. The number of ether oxygens (including phenoxy) is 1. The molecule has 0 aliphatic carbocycles. The lowest BCUT2D eigenvalue weighted by Gasteiger charge is -2.33. The summed E-state index contributed by atoms with van der Waals surface area (Å²) < 4.78 is 5.36. The summed E-state index contributed by atoms with van der Waals surface area (Å²) in [4.78, 5) is 12.3. The first-order chi connectivity index (χ1) is 8.96. The maximum atomic E-state index is 12.3. The molecule has 20 heavy (non-hydrogen) atoms. The van der Waals surface area contributed by atoms with Crippen molar-refractivity contribution in [2.45, 2.75) is 39.5 Å². The summed E-state index contributed by atoms with van der Waals surface area (Å²) in [5.74, 6) is 0.204. The van der Waals surface area contributed by atoms with Crippen LogP contribution in [0.25, 0.3) is 0 Å². The molecule has 0 fully saturated rings. The Balaban J connectivity index is 0.00000200. The number of amides is 1. The molecule has 0 saturated heterocycles. The van der Waals surface area contributed by atoms with E-state index >= 15 is 0 Å². The molecule has 0 spiro atoms. The van der Waals surface area contributed by atoms with E-state index in [1.165, 1.54) is 5.56 Å². The van der Waals surface area contributed by atoms with Crippen molar-refractivity contribution in [2.75, 3.05) is 6.54 Å². The average Bonchev–Trinajstić information content (AvgIpc) is 2.85. The van der Waals surface area contributed by atoms with Gasteiger partial charge < -0.3 is 15.8 Å². The van der Waals surface area contributed by atoms with Crippen molar-refractivity contribution >= 4 is 18.3 Å². The fraction of sp³-hybridized carbons (Fsp3) is 0.533. The predicted molar refractivity (Wildman–Crippen MR) is 81.9 cm³/mol. The molecule has 3 N–H and O–H groups in total. The number of hydrogen-bond acceptors (Lipinski definition) is 3. The normalized spacial score (nSPS) is 16.2. The van der Waals surface area contributed by atoms with E-state index in [0.29, 0.717) is 25.3 Å². The number of rotatable bonds is 4. The third-order valence-corrected chi connectivity index (χ3v) is 4.08. The van der Waals surface area contributed by atoms with Gasteiger partial charge in [-0.25, -0.2) is 0 Å². The summed E-state index contributed by atoms with van der Waals surface area (Å²) in [6.07, 6.45) is 0. The van der Waals surface area contributed by atoms with E-state index in [1.807, 2.05) is 25.1 Å². The van der Waals surface area contributed by atoms with Crippen molar-refractivity contribution < 1.29 is 9.53 Å². The minimum absolute atomic E-state index is 0. The van der Waals surface area contributed by atoms with Crippen LogP contribution in [0.3, 0.4) is 0 Å². The van der Waals surface area contributed by atoms with Gasteiger partial charge in [-0.05, 0) is 36.1 Å². The van der Waals surface area contributed by atoms with E-state index in [1.54, 1.807) is 0 Å². The van der Waals surface area contributed by atoms with Gasteiger partial charge in [-0.2, -0.15) is 0 Å². The Labute approximate surface area is 126 Å². The van der Waals surface area contributed by atoms with Gasteiger partial charge in [0.15, 0.2) is 0 Å². The Morgan fingerprint density at radius 2 is 2.05 bits per heavy atom. The summed E-state index contributed by atoms with van der Waals surface area (Å²) in [7, 11) is 0. The molecule has 0 aromatic heterocycles. The number of halogens is 1. The third-order valence-electron chi connectivity index (χ3n) is 4.08. The Hall–Kier alpha value is -1.10. The zero-order chi connectivity index (χ0) is 14.0. The van der Waals surface area contributed by atoms with E-state index < -0.39 is 0 Å². The van der Waals surface area contributed by atoms with Crippen LogP contribution < -0.4 is 11.1 Å². The van der Waals surface area contributed by atoms with Crippen LogP contribution in [0.4, 0.5) is 0 Å². The molecule has 1 aliphatic rings. The molecule has 4 nitrogen and oxygen atoms in total. The molecular weight excluding hydrogens is 276 g/mol. The molecule has 1 amide bonds. The fourth-order valence-electron chi connectivity index (χ4n) is 2.08. The number of fused-ring (bicyclic) bond motifs is 1. The van der Waals surface area contributed by atoms with Crippen LogP contribution in [0.2, 0.25) is 0 Å². The lowest BCUT2D eigenvalue weighted by molar-refractivity contribution is 0.0883. The largest absolute Gasteiger partial charge is 0.372 e. The predicted octanol–water partition coefficient (Wildman–Crippen LogP) is 2.24. The molecule has 1 aliphatic heterocycles. The maximum Gasteiger partial charge on any atom is 0.251 e. The summed E-state index contributed by atoms with van der Waals surface area (Å²) in [5, 5.41) is 3.05. The molecule has 1 unspecified atom stereocenters. The van der Waals surface area contributed by atoms with E-state index in [2.05, 4.69) is 19.2 Å². The standard InChI is InChI=1S/C15H22N2O2.ClH/c1-10(2)15(3,9-16)17-14(18)11-4-5-12-7-19-8-13(12)6-11;/h4-6,10H,7-9,16H2,1-3H3,(H,17,18);1H. The van der Waals surface area contributed by atoms with E-state index in [9.17, 15) is 4.79 Å². The van der Waals surface area contributed by atoms with Gasteiger partial charge >= 0.3 is 0 Å². The molecule has 2 rings (SSSR count). The van der Waals surface area contributed by atoms with E-state index in [0.717, 1.165) is 5.56 Å². The van der Waals surface area contributed by atoms with Crippen LogP contribution in [0.5, 0.6) is 0 Å². The number of nitrogens with two attached hydrogens (primary N) is 1. The van der Waals surface area contributed by atoms with Gasteiger partial charge in [-0.1, -0.05) is 19.9 Å². The Morgan fingerprint density at radius 1 is 1.40 bits per heavy atom. The molecule has 1 heterocycles. The van der Waals surface area contributed by atoms with Gasteiger partial charge in [0.2, 0.25) is 0 Å². The highest BCUT2D eigenvalue weighted by molar-refractivity contribution is 5.95. The molecule has 0 radical (unpaired) electrons. The van der Waals surface area contributed by atoms with Gasteiger partial charge in [0.1, 0.15) is 0 Å². The second-order valence-electron chi connectivity index (χ2n) is 5.71. The number of carbonyl (C=O) groups excluding carboxylic acids is 1. The first-order valence-electron chi connectivity index (χ1n) is 6.68. The Kier molecular flexibility index (Phi) is 5.57. The van der Waals surface area contributed by atoms with Gasteiger partial charge in [-0.15, -0.1) is 12.4 Å². The summed E-state index contributed by atoms with van der Waals surface area (Å²) in [5.41, 5.74) is 8.35. The topological polar surface area (TPSA) is 64.3 Å².